The lowest BCUT2D eigenvalue weighted by molar-refractivity contribution is -0.120. The summed E-state index contributed by atoms with van der Waals surface area (Å²) in [6.07, 6.45) is 0.823. The number of hydrogen-bond acceptors (Lipinski definition) is 2. The summed E-state index contributed by atoms with van der Waals surface area (Å²) in [7, 11) is 0. The zero-order valence-electron chi connectivity index (χ0n) is 7.95. The molecule has 2 heteroatoms. The molecular weight excluding hydrogens is 180 g/mol. The molecule has 13 heavy (non-hydrogen) atoms. The molecular formula is C11H14OS. The number of rotatable bonds is 3. The van der Waals surface area contributed by atoms with Crippen molar-refractivity contribution in [3.05, 3.63) is 29.8 Å². The lowest BCUT2D eigenvalue weighted by Gasteiger charge is -2.06. The molecule has 1 aromatic rings. The highest BCUT2D eigenvalue weighted by atomic mass is 32.1. The molecule has 0 radical (unpaired) electrons. The van der Waals surface area contributed by atoms with E-state index < -0.39 is 0 Å². The van der Waals surface area contributed by atoms with Crippen molar-refractivity contribution in [1.29, 1.82) is 0 Å². The van der Waals surface area contributed by atoms with Gasteiger partial charge in [-0.25, -0.2) is 0 Å². The van der Waals surface area contributed by atoms with E-state index in [0.717, 1.165) is 11.3 Å². The second kappa shape index (κ2) is 4.47. The van der Waals surface area contributed by atoms with Crippen molar-refractivity contribution in [2.75, 3.05) is 0 Å². The molecule has 0 spiro atoms. The molecule has 1 atom stereocenters. The van der Waals surface area contributed by atoms with Crippen LogP contribution in [-0.4, -0.2) is 5.78 Å². The van der Waals surface area contributed by atoms with Crippen molar-refractivity contribution in [2.45, 2.75) is 25.2 Å². The highest BCUT2D eigenvalue weighted by molar-refractivity contribution is 7.80. The average Bonchev–Trinajstić information content (AvgIpc) is 2.08. The van der Waals surface area contributed by atoms with E-state index in [0.29, 0.717) is 0 Å². The van der Waals surface area contributed by atoms with Gasteiger partial charge in [-0.15, -0.1) is 12.6 Å². The topological polar surface area (TPSA) is 17.1 Å². The Labute approximate surface area is 84.6 Å². The van der Waals surface area contributed by atoms with E-state index >= 15 is 0 Å². The van der Waals surface area contributed by atoms with Crippen molar-refractivity contribution < 1.29 is 4.79 Å². The van der Waals surface area contributed by atoms with Crippen LogP contribution in [0.25, 0.3) is 0 Å². The lowest BCUT2D eigenvalue weighted by Crippen LogP contribution is -2.09. The summed E-state index contributed by atoms with van der Waals surface area (Å²) in [4.78, 5) is 12.0. The van der Waals surface area contributed by atoms with Gasteiger partial charge in [0.05, 0.1) is 0 Å². The highest BCUT2D eigenvalue weighted by Gasteiger charge is 2.07. The standard InChI is InChI=1S/C11H14OS/c1-8(9(2)12)7-10-3-5-11(13)6-4-10/h3-6,8,13H,7H2,1-2H3. The smallest absolute Gasteiger partial charge is 0.132 e. The fourth-order valence-electron chi connectivity index (χ4n) is 1.13. The minimum Gasteiger partial charge on any atom is -0.300 e. The number of ketones is 1. The first-order valence-corrected chi connectivity index (χ1v) is 4.82. The van der Waals surface area contributed by atoms with Crippen LogP contribution >= 0.6 is 12.6 Å². The molecule has 0 N–H and O–H groups in total. The molecule has 0 aliphatic rings. The quantitative estimate of drug-likeness (QED) is 0.732. The van der Waals surface area contributed by atoms with E-state index in [9.17, 15) is 4.79 Å². The number of Topliss-reactive ketones (excluding diaryl/α,β-unsaturated/α-hetero) is 1. The molecule has 0 aromatic heterocycles. The van der Waals surface area contributed by atoms with Gasteiger partial charge in [-0.1, -0.05) is 19.1 Å². The van der Waals surface area contributed by atoms with Crippen molar-refractivity contribution in [3.63, 3.8) is 0 Å². The molecule has 0 bridgehead atoms. The number of carbonyl (C=O) groups excluding carboxylic acids is 1. The molecule has 0 aliphatic carbocycles. The summed E-state index contributed by atoms with van der Waals surface area (Å²) in [5, 5.41) is 0. The van der Waals surface area contributed by atoms with Gasteiger partial charge >= 0.3 is 0 Å². The number of carbonyl (C=O) groups is 1. The fraction of sp³-hybridized carbons (Fsp3) is 0.364. The van der Waals surface area contributed by atoms with Crippen molar-refractivity contribution >= 4 is 18.4 Å². The summed E-state index contributed by atoms with van der Waals surface area (Å²) < 4.78 is 0. The SMILES string of the molecule is CC(=O)C(C)Cc1ccc(S)cc1. The zero-order valence-corrected chi connectivity index (χ0v) is 8.84. The Kier molecular flexibility index (Phi) is 3.55. The van der Waals surface area contributed by atoms with E-state index in [4.69, 9.17) is 0 Å². The van der Waals surface area contributed by atoms with Crippen LogP contribution in [0.5, 0.6) is 0 Å². The second-order valence-electron chi connectivity index (χ2n) is 3.38. The van der Waals surface area contributed by atoms with Gasteiger partial charge in [-0.2, -0.15) is 0 Å². The summed E-state index contributed by atoms with van der Waals surface area (Å²) in [5.74, 6) is 0.362. The van der Waals surface area contributed by atoms with Crippen LogP contribution in [0.15, 0.2) is 29.2 Å². The average molecular weight is 194 g/mol. The molecule has 0 heterocycles. The minimum absolute atomic E-state index is 0.116. The van der Waals surface area contributed by atoms with Crippen LogP contribution in [0.2, 0.25) is 0 Å². The highest BCUT2D eigenvalue weighted by Crippen LogP contribution is 2.12. The van der Waals surface area contributed by atoms with E-state index in [1.54, 1.807) is 6.92 Å². The fourth-order valence-corrected chi connectivity index (χ4v) is 1.28. The Bertz CT molecular complexity index is 289. The second-order valence-corrected chi connectivity index (χ2v) is 3.90. The van der Waals surface area contributed by atoms with Crippen LogP contribution in [0.4, 0.5) is 0 Å². The molecule has 1 rings (SSSR count). The summed E-state index contributed by atoms with van der Waals surface area (Å²) in [6, 6.07) is 7.93. The van der Waals surface area contributed by atoms with Gasteiger partial charge in [0.15, 0.2) is 0 Å². The van der Waals surface area contributed by atoms with Gasteiger partial charge in [0.2, 0.25) is 0 Å². The Balaban J connectivity index is 2.64. The Morgan fingerprint density at radius 1 is 1.38 bits per heavy atom. The molecule has 0 saturated heterocycles. The van der Waals surface area contributed by atoms with Crippen LogP contribution in [0.1, 0.15) is 19.4 Å². The summed E-state index contributed by atoms with van der Waals surface area (Å²) in [6.45, 7) is 3.59. The number of hydrogen-bond donors (Lipinski definition) is 1. The maximum Gasteiger partial charge on any atom is 0.132 e. The molecule has 1 nitrogen and oxygen atoms in total. The monoisotopic (exact) mass is 194 g/mol. The van der Waals surface area contributed by atoms with E-state index in [1.165, 1.54) is 5.56 Å². The first-order chi connectivity index (χ1) is 6.09. The Morgan fingerprint density at radius 2 is 1.92 bits per heavy atom. The third kappa shape index (κ3) is 3.23. The van der Waals surface area contributed by atoms with Gasteiger partial charge in [-0.05, 0) is 31.0 Å². The predicted octanol–water partition coefficient (Wildman–Crippen LogP) is 2.74. The third-order valence-electron chi connectivity index (χ3n) is 2.17. The first kappa shape index (κ1) is 10.3. The van der Waals surface area contributed by atoms with Gasteiger partial charge < -0.3 is 0 Å². The van der Waals surface area contributed by atoms with Crippen LogP contribution in [0.3, 0.4) is 0 Å². The van der Waals surface area contributed by atoms with E-state index in [2.05, 4.69) is 12.6 Å². The molecule has 0 aliphatic heterocycles. The summed E-state index contributed by atoms with van der Waals surface area (Å²) >= 11 is 4.20. The van der Waals surface area contributed by atoms with Crippen LogP contribution < -0.4 is 0 Å². The molecule has 0 saturated carbocycles. The predicted molar refractivity (Wildman–Crippen MR) is 57.2 cm³/mol. The van der Waals surface area contributed by atoms with E-state index in [1.807, 2.05) is 31.2 Å². The molecule has 0 amide bonds. The van der Waals surface area contributed by atoms with Gasteiger partial charge in [-0.3, -0.25) is 4.79 Å². The number of benzene rings is 1. The normalized spacial score (nSPS) is 12.5. The minimum atomic E-state index is 0.116. The molecule has 1 unspecified atom stereocenters. The Hall–Kier alpha value is -0.760. The molecule has 70 valence electrons. The van der Waals surface area contributed by atoms with Crippen molar-refractivity contribution in [1.82, 2.24) is 0 Å². The van der Waals surface area contributed by atoms with Gasteiger partial charge in [0.1, 0.15) is 5.78 Å². The number of thiol groups is 1. The van der Waals surface area contributed by atoms with Gasteiger partial charge in [0.25, 0.3) is 0 Å². The third-order valence-corrected chi connectivity index (χ3v) is 2.47. The maximum atomic E-state index is 11.0. The first-order valence-electron chi connectivity index (χ1n) is 4.38. The lowest BCUT2D eigenvalue weighted by atomic mass is 9.98. The largest absolute Gasteiger partial charge is 0.300 e. The zero-order chi connectivity index (χ0) is 9.84. The van der Waals surface area contributed by atoms with Crippen molar-refractivity contribution in [2.24, 2.45) is 5.92 Å². The van der Waals surface area contributed by atoms with E-state index in [-0.39, 0.29) is 11.7 Å². The molecule has 1 aromatic carbocycles. The van der Waals surface area contributed by atoms with Crippen LogP contribution in [-0.2, 0) is 11.2 Å². The maximum absolute atomic E-state index is 11.0. The van der Waals surface area contributed by atoms with Crippen LogP contribution in [0, 0.1) is 5.92 Å². The van der Waals surface area contributed by atoms with Crippen molar-refractivity contribution in [3.8, 4) is 0 Å². The molecule has 0 fully saturated rings. The summed E-state index contributed by atoms with van der Waals surface area (Å²) in [5.41, 5.74) is 1.19. The Morgan fingerprint density at radius 3 is 2.38 bits per heavy atom. The van der Waals surface area contributed by atoms with Gasteiger partial charge in [0, 0.05) is 10.8 Å².